The molecule has 7 aliphatic rings. The maximum atomic E-state index is 13.3. The van der Waals surface area contributed by atoms with E-state index in [1.807, 2.05) is 0 Å². The number of hydrogen-bond donors (Lipinski definition) is 0. The van der Waals surface area contributed by atoms with Crippen molar-refractivity contribution in [3.63, 3.8) is 0 Å². The summed E-state index contributed by atoms with van der Waals surface area (Å²) in [6.45, 7) is 3.08. The van der Waals surface area contributed by atoms with Crippen molar-refractivity contribution in [2.75, 3.05) is 26.2 Å². The average molecular weight is 300 g/mol. The lowest BCUT2D eigenvalue weighted by Gasteiger charge is -2.47. The molecule has 4 aliphatic carbocycles. The van der Waals surface area contributed by atoms with Crippen LogP contribution in [0.5, 0.6) is 0 Å². The molecule has 4 spiro atoms. The number of nitrogens with zero attached hydrogens (tertiary/aromatic N) is 2. The minimum absolute atomic E-state index is 0.0567. The van der Waals surface area contributed by atoms with Crippen LogP contribution in [0.3, 0.4) is 0 Å². The molecule has 0 radical (unpaired) electrons. The number of carbonyl (C=O) groups excluding carboxylic acids is 2. The third-order valence-electron chi connectivity index (χ3n) is 8.42. The summed E-state index contributed by atoms with van der Waals surface area (Å²) < 4.78 is 0. The van der Waals surface area contributed by atoms with E-state index in [9.17, 15) is 9.59 Å². The van der Waals surface area contributed by atoms with Crippen molar-refractivity contribution in [3.05, 3.63) is 0 Å². The Kier molecular flexibility index (Phi) is 1.83. The highest BCUT2D eigenvalue weighted by atomic mass is 16.2. The molecule has 4 saturated carbocycles. The molecule has 118 valence electrons. The third-order valence-corrected chi connectivity index (χ3v) is 8.42. The van der Waals surface area contributed by atoms with Crippen LogP contribution in [0.1, 0.15) is 51.4 Å². The molecule has 0 unspecified atom stereocenters. The van der Waals surface area contributed by atoms with Gasteiger partial charge in [0.2, 0.25) is 11.8 Å². The number of rotatable bonds is 0. The maximum Gasteiger partial charge on any atom is 0.229 e. The van der Waals surface area contributed by atoms with Crippen molar-refractivity contribution in [3.8, 4) is 0 Å². The minimum Gasteiger partial charge on any atom is -0.339 e. The third kappa shape index (κ3) is 1.06. The summed E-state index contributed by atoms with van der Waals surface area (Å²) in [5.74, 6) is 0.919. The molecule has 7 rings (SSSR count). The van der Waals surface area contributed by atoms with Crippen LogP contribution in [-0.4, -0.2) is 47.8 Å². The Labute approximate surface area is 131 Å². The van der Waals surface area contributed by atoms with Gasteiger partial charge in [-0.2, -0.15) is 0 Å². The Bertz CT molecular complexity index is 547. The highest BCUT2D eigenvalue weighted by Crippen LogP contribution is 2.90. The second-order valence-electron chi connectivity index (χ2n) is 8.91. The van der Waals surface area contributed by atoms with Gasteiger partial charge < -0.3 is 9.80 Å². The molecule has 3 aliphatic heterocycles. The van der Waals surface area contributed by atoms with Gasteiger partial charge >= 0.3 is 0 Å². The minimum atomic E-state index is -0.0567. The van der Waals surface area contributed by atoms with Crippen LogP contribution in [-0.2, 0) is 9.59 Å². The van der Waals surface area contributed by atoms with E-state index in [0.717, 1.165) is 51.9 Å². The van der Waals surface area contributed by atoms with E-state index < -0.39 is 0 Å². The predicted molar refractivity (Wildman–Crippen MR) is 79.8 cm³/mol. The quantitative estimate of drug-likeness (QED) is 0.684. The van der Waals surface area contributed by atoms with Crippen LogP contribution in [0.4, 0.5) is 0 Å². The summed E-state index contributed by atoms with van der Waals surface area (Å²) in [6.07, 6.45) is 9.22. The van der Waals surface area contributed by atoms with Crippen LogP contribution in [0.2, 0.25) is 0 Å². The molecule has 0 aromatic carbocycles. The average Bonchev–Trinajstić information content (AvgIpc) is 3.32. The van der Waals surface area contributed by atoms with Gasteiger partial charge in [0, 0.05) is 26.2 Å². The van der Waals surface area contributed by atoms with Gasteiger partial charge in [-0.1, -0.05) is 0 Å². The zero-order valence-electron chi connectivity index (χ0n) is 13.2. The normalized spacial score (nSPS) is 37.3. The summed E-state index contributed by atoms with van der Waals surface area (Å²) in [5.41, 5.74) is 0.307. The molecular weight excluding hydrogens is 276 g/mol. The van der Waals surface area contributed by atoms with E-state index in [1.165, 1.54) is 25.7 Å². The lowest BCUT2D eigenvalue weighted by molar-refractivity contribution is -0.157. The molecular formula is C18H24N2O2. The Balaban J connectivity index is 1.54. The molecule has 0 aromatic heterocycles. The maximum absolute atomic E-state index is 13.3. The van der Waals surface area contributed by atoms with Crippen molar-refractivity contribution in [2.24, 2.45) is 21.7 Å². The van der Waals surface area contributed by atoms with Crippen molar-refractivity contribution in [2.45, 2.75) is 51.4 Å². The second-order valence-corrected chi connectivity index (χ2v) is 8.91. The van der Waals surface area contributed by atoms with Gasteiger partial charge in [0.05, 0.1) is 10.8 Å². The van der Waals surface area contributed by atoms with Crippen LogP contribution in [0.15, 0.2) is 0 Å². The highest BCUT2D eigenvalue weighted by Gasteiger charge is 2.86. The monoisotopic (exact) mass is 300 g/mol. The lowest BCUT2D eigenvalue weighted by Crippen LogP contribution is -2.59. The van der Waals surface area contributed by atoms with Crippen molar-refractivity contribution in [1.29, 1.82) is 0 Å². The molecule has 2 bridgehead atoms. The molecule has 7 fully saturated rings. The standard InChI is InChI=1S/C18H24N2O2/c21-13-15(1-2-15)17(5-6-17)18(7-8-18)16(3-4-16)14(22)20-11-9-19(13)10-12-20/h1-12H2. The molecule has 3 heterocycles. The molecule has 0 atom stereocenters. The number of fused-ring (bicyclic) bond motifs is 2. The van der Waals surface area contributed by atoms with E-state index in [0.29, 0.717) is 11.8 Å². The zero-order chi connectivity index (χ0) is 14.8. The smallest absolute Gasteiger partial charge is 0.229 e. The van der Waals surface area contributed by atoms with Gasteiger partial charge in [-0.25, -0.2) is 0 Å². The van der Waals surface area contributed by atoms with E-state index in [-0.39, 0.29) is 21.7 Å². The fraction of sp³-hybridized carbons (Fsp3) is 0.889. The van der Waals surface area contributed by atoms with Crippen LogP contribution < -0.4 is 0 Å². The van der Waals surface area contributed by atoms with Gasteiger partial charge in [-0.15, -0.1) is 0 Å². The lowest BCUT2D eigenvalue weighted by atomic mass is 9.64. The number of amides is 2. The Morgan fingerprint density at radius 3 is 1.09 bits per heavy atom. The van der Waals surface area contributed by atoms with Gasteiger partial charge in [-0.05, 0) is 62.2 Å². The first kappa shape index (κ1) is 12.4. The molecule has 2 amide bonds. The first-order chi connectivity index (χ1) is 10.6. The topological polar surface area (TPSA) is 40.6 Å². The first-order valence-corrected chi connectivity index (χ1v) is 9.20. The van der Waals surface area contributed by atoms with Gasteiger partial charge in [0.1, 0.15) is 0 Å². The SMILES string of the molecule is O=C1N2CCN(CC2)C(=O)C2(CC2)C2(CC2)C2(CC2)C12CC2. The van der Waals surface area contributed by atoms with E-state index in [1.54, 1.807) is 0 Å². The van der Waals surface area contributed by atoms with Gasteiger partial charge in [-0.3, -0.25) is 9.59 Å². The van der Waals surface area contributed by atoms with Crippen LogP contribution in [0.25, 0.3) is 0 Å². The zero-order valence-corrected chi connectivity index (χ0v) is 13.2. The molecule has 4 nitrogen and oxygen atoms in total. The molecule has 0 N–H and O–H groups in total. The molecule has 0 aromatic rings. The van der Waals surface area contributed by atoms with Crippen molar-refractivity contribution >= 4 is 11.8 Å². The Morgan fingerprint density at radius 1 is 0.545 bits per heavy atom. The predicted octanol–water partition coefficient (Wildman–Crippen LogP) is 1.79. The number of piperazine rings is 1. The van der Waals surface area contributed by atoms with Gasteiger partial charge in [0.15, 0.2) is 0 Å². The fourth-order valence-corrected chi connectivity index (χ4v) is 6.84. The number of hydrogen-bond acceptors (Lipinski definition) is 2. The van der Waals surface area contributed by atoms with Crippen molar-refractivity contribution < 1.29 is 9.59 Å². The Morgan fingerprint density at radius 2 is 0.864 bits per heavy atom. The Hall–Kier alpha value is -1.06. The first-order valence-electron chi connectivity index (χ1n) is 9.20. The summed E-state index contributed by atoms with van der Waals surface area (Å²) in [7, 11) is 0. The van der Waals surface area contributed by atoms with E-state index in [4.69, 9.17) is 0 Å². The van der Waals surface area contributed by atoms with E-state index >= 15 is 0 Å². The second kappa shape index (κ2) is 3.25. The molecule has 4 heteroatoms. The van der Waals surface area contributed by atoms with Crippen molar-refractivity contribution in [1.82, 2.24) is 9.80 Å². The summed E-state index contributed by atoms with van der Waals surface area (Å²) in [4.78, 5) is 30.8. The van der Waals surface area contributed by atoms with Crippen LogP contribution >= 0.6 is 0 Å². The van der Waals surface area contributed by atoms with E-state index in [2.05, 4.69) is 9.80 Å². The molecule has 3 saturated heterocycles. The highest BCUT2D eigenvalue weighted by molar-refractivity contribution is 5.91. The summed E-state index contributed by atoms with van der Waals surface area (Å²) in [6, 6.07) is 0. The van der Waals surface area contributed by atoms with Gasteiger partial charge in [0.25, 0.3) is 0 Å². The molecule has 22 heavy (non-hydrogen) atoms. The largest absolute Gasteiger partial charge is 0.339 e. The fourth-order valence-electron chi connectivity index (χ4n) is 6.84. The number of carbonyl (C=O) groups is 2. The summed E-state index contributed by atoms with van der Waals surface area (Å²) in [5, 5.41) is 0. The van der Waals surface area contributed by atoms with Crippen LogP contribution in [0, 0.1) is 21.7 Å². The summed E-state index contributed by atoms with van der Waals surface area (Å²) >= 11 is 0.